The Morgan fingerprint density at radius 3 is 2.63 bits per heavy atom. The number of amides is 1. The van der Waals surface area contributed by atoms with Crippen LogP contribution < -0.4 is 15.0 Å². The molecule has 2 aromatic carbocycles. The molecule has 0 radical (unpaired) electrons. The standard InChI is InChI=1S/C22H25N3O2/c1-15(25(3)18-8-6-5-7-9-18)14-23-22(26)20-13-17-12-19(27-4)10-11-21(17)24-16(20)2/h5-13,15H,14H2,1-4H3,(H,23,26)/t15-/m0/s1. The van der Waals surface area contributed by atoms with Gasteiger partial charge in [-0.25, -0.2) is 0 Å². The van der Waals surface area contributed by atoms with Gasteiger partial charge in [-0.15, -0.1) is 0 Å². The van der Waals surface area contributed by atoms with E-state index < -0.39 is 0 Å². The molecule has 0 aliphatic rings. The fourth-order valence-electron chi connectivity index (χ4n) is 3.00. The fraction of sp³-hybridized carbons (Fsp3) is 0.273. The number of hydrogen-bond donors (Lipinski definition) is 1. The van der Waals surface area contributed by atoms with Crippen molar-refractivity contribution in [2.45, 2.75) is 19.9 Å². The summed E-state index contributed by atoms with van der Waals surface area (Å²) in [6.07, 6.45) is 0. The van der Waals surface area contributed by atoms with Crippen LogP contribution >= 0.6 is 0 Å². The Labute approximate surface area is 160 Å². The topological polar surface area (TPSA) is 54.5 Å². The number of anilines is 1. The van der Waals surface area contributed by atoms with Gasteiger partial charge in [-0.2, -0.15) is 0 Å². The number of nitrogens with zero attached hydrogens (tertiary/aromatic N) is 2. The van der Waals surface area contributed by atoms with Gasteiger partial charge in [0.15, 0.2) is 0 Å². The second-order valence-corrected chi connectivity index (χ2v) is 6.69. The maximum Gasteiger partial charge on any atom is 0.253 e. The molecular weight excluding hydrogens is 338 g/mol. The third-order valence-electron chi connectivity index (χ3n) is 4.84. The summed E-state index contributed by atoms with van der Waals surface area (Å²) in [6.45, 7) is 4.49. The number of carbonyl (C=O) groups excluding carboxylic acids is 1. The summed E-state index contributed by atoms with van der Waals surface area (Å²) in [7, 11) is 3.66. The van der Waals surface area contributed by atoms with Crippen molar-refractivity contribution in [3.63, 3.8) is 0 Å². The number of aromatic nitrogens is 1. The van der Waals surface area contributed by atoms with E-state index in [0.717, 1.165) is 22.3 Å². The number of methoxy groups -OCH3 is 1. The molecule has 1 heterocycles. The monoisotopic (exact) mass is 363 g/mol. The molecule has 3 rings (SSSR count). The van der Waals surface area contributed by atoms with E-state index in [1.54, 1.807) is 7.11 Å². The van der Waals surface area contributed by atoms with Crippen LogP contribution in [0.5, 0.6) is 5.75 Å². The van der Waals surface area contributed by atoms with Gasteiger partial charge in [0.2, 0.25) is 0 Å². The predicted octanol–water partition coefficient (Wildman–Crippen LogP) is 3.81. The third-order valence-corrected chi connectivity index (χ3v) is 4.84. The first-order chi connectivity index (χ1) is 13.0. The summed E-state index contributed by atoms with van der Waals surface area (Å²) in [6, 6.07) is 17.8. The van der Waals surface area contributed by atoms with Crippen molar-refractivity contribution in [2.75, 3.05) is 25.6 Å². The van der Waals surface area contributed by atoms with Gasteiger partial charge in [0.25, 0.3) is 5.91 Å². The minimum Gasteiger partial charge on any atom is -0.497 e. The Morgan fingerprint density at radius 2 is 1.93 bits per heavy atom. The molecule has 3 aromatic rings. The molecule has 5 heteroatoms. The van der Waals surface area contributed by atoms with Gasteiger partial charge in [0.1, 0.15) is 5.75 Å². The maximum absolute atomic E-state index is 12.7. The largest absolute Gasteiger partial charge is 0.497 e. The highest BCUT2D eigenvalue weighted by atomic mass is 16.5. The number of hydrogen-bond acceptors (Lipinski definition) is 4. The highest BCUT2D eigenvalue weighted by molar-refractivity contribution is 5.98. The number of rotatable bonds is 6. The van der Waals surface area contributed by atoms with E-state index in [1.165, 1.54) is 0 Å². The van der Waals surface area contributed by atoms with Gasteiger partial charge in [-0.3, -0.25) is 9.78 Å². The number of nitrogens with one attached hydrogen (secondary N) is 1. The summed E-state index contributed by atoms with van der Waals surface area (Å²) < 4.78 is 5.27. The molecule has 0 aliphatic carbocycles. The SMILES string of the molecule is COc1ccc2nc(C)c(C(=O)NC[C@H](C)N(C)c3ccccc3)cc2c1. The smallest absolute Gasteiger partial charge is 0.253 e. The number of ether oxygens (including phenoxy) is 1. The average molecular weight is 363 g/mol. The van der Waals surface area contributed by atoms with Crippen LogP contribution in [0.3, 0.4) is 0 Å². The zero-order chi connectivity index (χ0) is 19.4. The highest BCUT2D eigenvalue weighted by Gasteiger charge is 2.15. The Morgan fingerprint density at radius 1 is 1.19 bits per heavy atom. The van der Waals surface area contributed by atoms with E-state index in [9.17, 15) is 4.79 Å². The number of fused-ring (bicyclic) bond motifs is 1. The molecule has 0 saturated carbocycles. The molecule has 1 aromatic heterocycles. The molecular formula is C22H25N3O2. The lowest BCUT2D eigenvalue weighted by Gasteiger charge is -2.27. The van der Waals surface area contributed by atoms with Crippen molar-refractivity contribution in [2.24, 2.45) is 0 Å². The van der Waals surface area contributed by atoms with E-state index in [1.807, 2.05) is 56.4 Å². The van der Waals surface area contributed by atoms with E-state index in [2.05, 4.69) is 34.3 Å². The lowest BCUT2D eigenvalue weighted by Crippen LogP contribution is -2.40. The van der Waals surface area contributed by atoms with Crippen LogP contribution in [0.15, 0.2) is 54.6 Å². The fourth-order valence-corrected chi connectivity index (χ4v) is 3.00. The van der Waals surface area contributed by atoms with Gasteiger partial charge in [0, 0.05) is 30.7 Å². The molecule has 5 nitrogen and oxygen atoms in total. The number of pyridine rings is 1. The van der Waals surface area contributed by atoms with Crippen LogP contribution in [0.4, 0.5) is 5.69 Å². The summed E-state index contributed by atoms with van der Waals surface area (Å²) in [4.78, 5) is 19.4. The molecule has 0 bridgehead atoms. The second kappa shape index (κ2) is 8.08. The number of benzene rings is 2. The predicted molar refractivity (Wildman–Crippen MR) is 110 cm³/mol. The van der Waals surface area contributed by atoms with Crippen LogP contribution in [0, 0.1) is 6.92 Å². The van der Waals surface area contributed by atoms with Crippen LogP contribution in [0.25, 0.3) is 10.9 Å². The number of carbonyl (C=O) groups is 1. The van der Waals surface area contributed by atoms with Crippen LogP contribution in [-0.2, 0) is 0 Å². The highest BCUT2D eigenvalue weighted by Crippen LogP contribution is 2.22. The normalized spacial score (nSPS) is 11.9. The Hall–Kier alpha value is -3.08. The zero-order valence-corrected chi connectivity index (χ0v) is 16.2. The zero-order valence-electron chi connectivity index (χ0n) is 16.2. The Balaban J connectivity index is 1.73. The number of para-hydroxylation sites is 1. The van der Waals surface area contributed by atoms with E-state index >= 15 is 0 Å². The van der Waals surface area contributed by atoms with Gasteiger partial charge >= 0.3 is 0 Å². The molecule has 0 spiro atoms. The molecule has 0 saturated heterocycles. The van der Waals surface area contributed by atoms with Crippen LogP contribution in [0.2, 0.25) is 0 Å². The lowest BCUT2D eigenvalue weighted by atomic mass is 10.1. The molecule has 0 aliphatic heterocycles. The third kappa shape index (κ3) is 4.19. The van der Waals surface area contributed by atoms with E-state index in [4.69, 9.17) is 4.74 Å². The van der Waals surface area contributed by atoms with Gasteiger partial charge in [-0.1, -0.05) is 18.2 Å². The summed E-state index contributed by atoms with van der Waals surface area (Å²) in [5.41, 5.74) is 3.27. The summed E-state index contributed by atoms with van der Waals surface area (Å²) in [5.74, 6) is 0.635. The van der Waals surface area contributed by atoms with Crippen molar-refractivity contribution in [1.82, 2.24) is 10.3 Å². The van der Waals surface area contributed by atoms with Crippen molar-refractivity contribution < 1.29 is 9.53 Å². The quantitative estimate of drug-likeness (QED) is 0.724. The van der Waals surface area contributed by atoms with Crippen molar-refractivity contribution in [3.8, 4) is 5.75 Å². The molecule has 0 fully saturated rings. The average Bonchev–Trinajstić information content (AvgIpc) is 2.70. The first-order valence-electron chi connectivity index (χ1n) is 9.01. The molecule has 1 N–H and O–H groups in total. The summed E-state index contributed by atoms with van der Waals surface area (Å²) >= 11 is 0. The maximum atomic E-state index is 12.7. The Bertz CT molecular complexity index is 941. The molecule has 140 valence electrons. The lowest BCUT2D eigenvalue weighted by molar-refractivity contribution is 0.0951. The Kier molecular flexibility index (Phi) is 5.60. The van der Waals surface area contributed by atoms with Crippen molar-refractivity contribution >= 4 is 22.5 Å². The van der Waals surface area contributed by atoms with Gasteiger partial charge in [-0.05, 0) is 50.2 Å². The number of likely N-dealkylation sites (N-methyl/N-ethyl adjacent to an activating group) is 1. The summed E-state index contributed by atoms with van der Waals surface area (Å²) in [5, 5.41) is 3.92. The van der Waals surface area contributed by atoms with Gasteiger partial charge in [0.05, 0.1) is 23.9 Å². The first-order valence-corrected chi connectivity index (χ1v) is 9.01. The first kappa shape index (κ1) is 18.7. The number of aryl methyl sites for hydroxylation is 1. The van der Waals surface area contributed by atoms with Crippen LogP contribution in [-0.4, -0.2) is 37.6 Å². The van der Waals surface area contributed by atoms with E-state index in [0.29, 0.717) is 17.8 Å². The van der Waals surface area contributed by atoms with Crippen molar-refractivity contribution in [1.29, 1.82) is 0 Å². The molecule has 1 atom stereocenters. The molecule has 1 amide bonds. The molecule has 27 heavy (non-hydrogen) atoms. The second-order valence-electron chi connectivity index (χ2n) is 6.69. The van der Waals surface area contributed by atoms with Gasteiger partial charge < -0.3 is 15.0 Å². The van der Waals surface area contributed by atoms with E-state index in [-0.39, 0.29) is 11.9 Å². The van der Waals surface area contributed by atoms with Crippen molar-refractivity contribution in [3.05, 3.63) is 65.9 Å². The molecule has 0 unspecified atom stereocenters. The minimum absolute atomic E-state index is 0.113. The van der Waals surface area contributed by atoms with Crippen LogP contribution in [0.1, 0.15) is 23.0 Å². The minimum atomic E-state index is -0.113.